The van der Waals surface area contributed by atoms with Crippen molar-refractivity contribution in [3.63, 3.8) is 0 Å². The zero-order valence-corrected chi connectivity index (χ0v) is 6.80. The fraction of sp³-hybridized carbons (Fsp3) is 1.00. The van der Waals surface area contributed by atoms with E-state index in [-0.39, 0.29) is 9.73 Å². The Morgan fingerprint density at radius 3 is 1.43 bits per heavy atom. The Balaban J connectivity index is 3.54. The molecule has 0 fully saturated rings. The molecule has 0 saturated carbocycles. The van der Waals surface area contributed by atoms with Crippen molar-refractivity contribution in [1.82, 2.24) is 0 Å². The molecular weight excluding hydrogens is 102 g/mol. The van der Waals surface area contributed by atoms with Gasteiger partial charge in [0.15, 0.2) is 0 Å². The minimum atomic E-state index is -0.241. The maximum Gasteiger partial charge on any atom is 0.143 e. The molecule has 0 aromatic rings. The summed E-state index contributed by atoms with van der Waals surface area (Å²) in [6.07, 6.45) is 2.34. The second-order valence-electron chi connectivity index (χ2n) is 2.98. The molecule has 0 nitrogen and oxygen atoms in total. The number of rotatable bonds is 1. The van der Waals surface area contributed by atoms with E-state index in [4.69, 9.17) is 0 Å². The van der Waals surface area contributed by atoms with E-state index >= 15 is 0 Å². The van der Waals surface area contributed by atoms with Gasteiger partial charge in [-0.1, -0.05) is 20.1 Å². The monoisotopic (exact) mass is 116 g/mol. The molecule has 0 spiro atoms. The first-order chi connectivity index (χ1) is 2.94. The molecule has 0 N–H and O–H groups in total. The molecule has 0 radical (unpaired) electrons. The largest absolute Gasteiger partial charge is 0.313 e. The van der Waals surface area contributed by atoms with E-state index in [2.05, 4.69) is 34.4 Å². The predicted octanol–water partition coefficient (Wildman–Crippen LogP) is -0.0746. The molecular formula is C4H14B2S. The maximum atomic E-state index is 2.34. The van der Waals surface area contributed by atoms with Crippen LogP contribution in [0.3, 0.4) is 0 Å². The summed E-state index contributed by atoms with van der Waals surface area (Å²) in [7, 11) is 4.45. The second-order valence-corrected chi connectivity index (χ2v) is 7.79. The van der Waals surface area contributed by atoms with E-state index in [1.54, 1.807) is 0 Å². The van der Waals surface area contributed by atoms with Crippen molar-refractivity contribution in [1.29, 1.82) is 0 Å². The summed E-state index contributed by atoms with van der Waals surface area (Å²) < 4.78 is 0. The van der Waals surface area contributed by atoms with Crippen molar-refractivity contribution in [3.8, 4) is 0 Å². The first-order valence-electron chi connectivity index (χ1n) is 2.62. The Morgan fingerprint density at radius 1 is 1.29 bits per heavy atom. The Labute approximate surface area is 50.0 Å². The van der Waals surface area contributed by atoms with Crippen molar-refractivity contribution >= 4 is 24.0 Å². The normalized spacial score (nSPS) is 14.9. The van der Waals surface area contributed by atoms with Crippen molar-refractivity contribution < 1.29 is 0 Å². The lowest BCUT2D eigenvalue weighted by atomic mass is 10.6. The Morgan fingerprint density at radius 2 is 1.43 bits per heavy atom. The Hall–Kier alpha value is 0.480. The van der Waals surface area contributed by atoms with Crippen molar-refractivity contribution in [2.45, 2.75) is 19.1 Å². The van der Waals surface area contributed by atoms with Crippen molar-refractivity contribution in [3.05, 3.63) is 0 Å². The lowest BCUT2D eigenvalue weighted by molar-refractivity contribution is 1.11. The third-order valence-electron chi connectivity index (χ3n) is 1.41. The Bertz CT molecular complexity index is 55.2. The quantitative estimate of drug-likeness (QED) is 0.420. The van der Waals surface area contributed by atoms with Crippen molar-refractivity contribution in [2.75, 3.05) is 6.26 Å². The molecule has 0 aliphatic heterocycles. The summed E-state index contributed by atoms with van der Waals surface area (Å²) in [6, 6.07) is 0. The van der Waals surface area contributed by atoms with E-state index in [1.807, 2.05) is 0 Å². The zero-order valence-electron chi connectivity index (χ0n) is 5.99. The average molecular weight is 116 g/mol. The summed E-state index contributed by atoms with van der Waals surface area (Å²) in [5, 5.41) is 0.882. The first-order valence-corrected chi connectivity index (χ1v) is 5.54. The fourth-order valence-electron chi connectivity index (χ4n) is 0. The highest BCUT2D eigenvalue weighted by atomic mass is 32.3. The fourth-order valence-corrected chi connectivity index (χ4v) is 0. The van der Waals surface area contributed by atoms with Gasteiger partial charge in [-0.25, -0.2) is 0 Å². The molecule has 0 heterocycles. The van der Waals surface area contributed by atoms with Gasteiger partial charge in [-0.05, 0) is 5.25 Å². The second kappa shape index (κ2) is 2.17. The summed E-state index contributed by atoms with van der Waals surface area (Å²) in [6.45, 7) is 4.57. The van der Waals surface area contributed by atoms with E-state index in [0.717, 1.165) is 5.25 Å². The van der Waals surface area contributed by atoms with Gasteiger partial charge in [0.05, 0.1) is 0 Å². The van der Waals surface area contributed by atoms with E-state index in [0.29, 0.717) is 0 Å². The maximum absolute atomic E-state index is 2.34. The third kappa shape index (κ3) is 3.10. The molecule has 0 saturated heterocycles. The molecule has 0 bridgehead atoms. The van der Waals surface area contributed by atoms with Gasteiger partial charge in [0.1, 0.15) is 14.2 Å². The van der Waals surface area contributed by atoms with Crippen LogP contribution in [0.1, 0.15) is 13.8 Å². The summed E-state index contributed by atoms with van der Waals surface area (Å²) in [5.74, 6) is 0. The van der Waals surface area contributed by atoms with Crippen LogP contribution in [-0.2, 0) is 0 Å². The minimum Gasteiger partial charge on any atom is -0.313 e. The van der Waals surface area contributed by atoms with E-state index < -0.39 is 0 Å². The van der Waals surface area contributed by atoms with Crippen LogP contribution in [0.5, 0.6) is 0 Å². The summed E-state index contributed by atoms with van der Waals surface area (Å²) >= 11 is 0. The summed E-state index contributed by atoms with van der Waals surface area (Å²) in [5.41, 5.74) is 0. The first kappa shape index (κ1) is 7.48. The van der Waals surface area contributed by atoms with Gasteiger partial charge in [-0.2, -0.15) is 0 Å². The standard InChI is InChI=1S/C4H14B2S/c1-4(2)7(3,5)6/h4H,5-6H2,1-3H3. The van der Waals surface area contributed by atoms with E-state index in [9.17, 15) is 0 Å². The van der Waals surface area contributed by atoms with Gasteiger partial charge in [0, 0.05) is 0 Å². The van der Waals surface area contributed by atoms with Gasteiger partial charge >= 0.3 is 0 Å². The molecule has 0 aliphatic carbocycles. The summed E-state index contributed by atoms with van der Waals surface area (Å²) in [4.78, 5) is 0. The lowest BCUT2D eigenvalue weighted by Gasteiger charge is -2.30. The van der Waals surface area contributed by atoms with Gasteiger partial charge in [0.25, 0.3) is 0 Å². The molecule has 42 valence electrons. The zero-order chi connectivity index (χ0) is 6.08. The average Bonchev–Trinajstić information content (AvgIpc) is 1.31. The van der Waals surface area contributed by atoms with Crippen LogP contribution in [-0.4, -0.2) is 25.8 Å². The molecule has 0 aromatic carbocycles. The van der Waals surface area contributed by atoms with E-state index in [1.165, 1.54) is 0 Å². The number of hydrogen-bond donors (Lipinski definition) is 0. The van der Waals surface area contributed by atoms with Crippen LogP contribution in [0.2, 0.25) is 0 Å². The minimum absolute atomic E-state index is 0.241. The number of hydrogen-bond acceptors (Lipinski definition) is 0. The van der Waals surface area contributed by atoms with Crippen LogP contribution >= 0.6 is 9.73 Å². The molecule has 0 rings (SSSR count). The SMILES string of the molecule is BS(B)(C)C(C)C. The molecule has 0 aromatic heterocycles. The highest BCUT2D eigenvalue weighted by molar-refractivity contribution is 8.64. The topological polar surface area (TPSA) is 0 Å². The van der Waals surface area contributed by atoms with Crippen LogP contribution in [0, 0.1) is 0 Å². The molecule has 0 amide bonds. The van der Waals surface area contributed by atoms with Crippen LogP contribution in [0.15, 0.2) is 0 Å². The van der Waals surface area contributed by atoms with Gasteiger partial charge in [-0.3, -0.25) is 0 Å². The van der Waals surface area contributed by atoms with Crippen LogP contribution < -0.4 is 0 Å². The lowest BCUT2D eigenvalue weighted by Crippen LogP contribution is -2.08. The molecule has 0 unspecified atom stereocenters. The van der Waals surface area contributed by atoms with Gasteiger partial charge in [-0.15, -0.1) is 0 Å². The molecule has 3 heteroatoms. The molecule has 0 aliphatic rings. The van der Waals surface area contributed by atoms with Crippen LogP contribution in [0.4, 0.5) is 0 Å². The smallest absolute Gasteiger partial charge is 0.143 e. The van der Waals surface area contributed by atoms with Crippen LogP contribution in [0.25, 0.3) is 0 Å². The molecule has 0 atom stereocenters. The third-order valence-corrected chi connectivity index (χ3v) is 4.24. The van der Waals surface area contributed by atoms with Gasteiger partial charge in [0.2, 0.25) is 0 Å². The predicted molar refractivity (Wildman–Crippen MR) is 45.7 cm³/mol. The highest BCUT2D eigenvalue weighted by Crippen LogP contribution is 2.37. The highest BCUT2D eigenvalue weighted by Gasteiger charge is 2.07. The molecule has 7 heavy (non-hydrogen) atoms. The van der Waals surface area contributed by atoms with Crippen molar-refractivity contribution in [2.24, 2.45) is 0 Å². The Kier molecular flexibility index (Phi) is 2.31. The van der Waals surface area contributed by atoms with Gasteiger partial charge < -0.3 is 9.73 Å².